The fourth-order valence-corrected chi connectivity index (χ4v) is 4.04. The first-order valence-corrected chi connectivity index (χ1v) is 9.19. The van der Waals surface area contributed by atoms with Crippen LogP contribution in [0, 0.1) is 0 Å². The van der Waals surface area contributed by atoms with Crippen LogP contribution in [0.15, 0.2) is 30.2 Å². The number of fused-ring (bicyclic) bond motifs is 1. The van der Waals surface area contributed by atoms with E-state index in [4.69, 9.17) is 0 Å². The molecule has 7 nitrogen and oxygen atoms in total. The number of aromatic nitrogens is 4. The number of amides is 1. The van der Waals surface area contributed by atoms with Crippen molar-refractivity contribution in [1.29, 1.82) is 0 Å². The van der Waals surface area contributed by atoms with Crippen LogP contribution >= 0.6 is 11.3 Å². The average Bonchev–Trinajstić information content (AvgIpc) is 3.34. The van der Waals surface area contributed by atoms with Crippen molar-refractivity contribution in [2.45, 2.75) is 25.4 Å². The Kier molecular flexibility index (Phi) is 4.22. The van der Waals surface area contributed by atoms with Gasteiger partial charge in [0.1, 0.15) is 5.56 Å². The molecule has 1 aliphatic rings. The largest absolute Gasteiger partial charge is 0.345 e. The minimum Gasteiger partial charge on any atom is -0.345 e. The van der Waals surface area contributed by atoms with Crippen molar-refractivity contribution in [2.75, 3.05) is 20.6 Å². The molecule has 8 heteroatoms. The summed E-state index contributed by atoms with van der Waals surface area (Å²) in [6.07, 6.45) is 7.56. The van der Waals surface area contributed by atoms with Crippen molar-refractivity contribution < 1.29 is 4.79 Å². The van der Waals surface area contributed by atoms with Gasteiger partial charge >= 0.3 is 0 Å². The van der Waals surface area contributed by atoms with Gasteiger partial charge in [-0.15, -0.1) is 11.3 Å². The molecule has 1 atom stereocenters. The lowest BCUT2D eigenvalue weighted by atomic mass is 10.1. The number of nitrogens with zero attached hydrogens (tertiary/aromatic N) is 6. The molecule has 25 heavy (non-hydrogen) atoms. The van der Waals surface area contributed by atoms with Crippen LogP contribution in [-0.4, -0.2) is 55.9 Å². The summed E-state index contributed by atoms with van der Waals surface area (Å²) in [6, 6.07) is 2.29. The average molecular weight is 356 g/mol. The molecule has 0 bridgehead atoms. The summed E-state index contributed by atoms with van der Waals surface area (Å²) in [5.74, 6) is -0.0763. The first-order valence-electron chi connectivity index (χ1n) is 8.31. The zero-order chi connectivity index (χ0) is 17.4. The molecule has 1 amide bonds. The Labute approximate surface area is 149 Å². The molecule has 0 N–H and O–H groups in total. The molecule has 0 spiro atoms. The molecule has 0 aliphatic carbocycles. The Bertz CT molecular complexity index is 888. The molecule has 1 aliphatic heterocycles. The van der Waals surface area contributed by atoms with Crippen LogP contribution in [-0.2, 0) is 6.54 Å². The predicted molar refractivity (Wildman–Crippen MR) is 95.5 cm³/mol. The van der Waals surface area contributed by atoms with Gasteiger partial charge < -0.3 is 4.90 Å². The minimum atomic E-state index is -0.0763. The van der Waals surface area contributed by atoms with E-state index in [1.807, 2.05) is 22.3 Å². The van der Waals surface area contributed by atoms with Gasteiger partial charge in [0.15, 0.2) is 5.65 Å². The molecular formula is C17H20N6OS. The van der Waals surface area contributed by atoms with E-state index in [0.717, 1.165) is 31.6 Å². The highest BCUT2D eigenvalue weighted by atomic mass is 32.1. The van der Waals surface area contributed by atoms with E-state index in [2.05, 4.69) is 20.0 Å². The standard InChI is InChI=1S/C17H20N6OS/c1-21(2)17(24)13-9-20-23-15(5-6-19-16(13)23)14-4-3-7-22(14)10-12-8-18-11-25-12/h5-6,8-9,11,14H,3-4,7,10H2,1-2H3/t14-/m0/s1. The highest BCUT2D eigenvalue weighted by Gasteiger charge is 2.29. The van der Waals surface area contributed by atoms with Gasteiger partial charge in [-0.3, -0.25) is 14.7 Å². The second-order valence-electron chi connectivity index (χ2n) is 6.46. The van der Waals surface area contributed by atoms with E-state index in [1.54, 1.807) is 42.7 Å². The molecule has 0 aromatic carbocycles. The summed E-state index contributed by atoms with van der Waals surface area (Å²) in [5.41, 5.74) is 4.13. The molecular weight excluding hydrogens is 336 g/mol. The number of thiazole rings is 1. The summed E-state index contributed by atoms with van der Waals surface area (Å²) in [4.78, 5) is 26.2. The van der Waals surface area contributed by atoms with Crippen molar-refractivity contribution in [1.82, 2.24) is 29.4 Å². The quantitative estimate of drug-likeness (QED) is 0.717. The topological polar surface area (TPSA) is 66.6 Å². The molecule has 3 aromatic rings. The van der Waals surface area contributed by atoms with Crippen LogP contribution < -0.4 is 0 Å². The van der Waals surface area contributed by atoms with E-state index in [0.29, 0.717) is 11.2 Å². The highest BCUT2D eigenvalue weighted by molar-refractivity contribution is 7.09. The van der Waals surface area contributed by atoms with Crippen LogP contribution in [0.2, 0.25) is 0 Å². The molecule has 3 aromatic heterocycles. The predicted octanol–water partition coefficient (Wildman–Crippen LogP) is 2.22. The van der Waals surface area contributed by atoms with Crippen molar-refractivity contribution in [3.8, 4) is 0 Å². The third-order valence-corrected chi connectivity index (χ3v) is 5.38. The van der Waals surface area contributed by atoms with Crippen LogP contribution in [0.3, 0.4) is 0 Å². The van der Waals surface area contributed by atoms with Crippen LogP contribution in [0.25, 0.3) is 5.65 Å². The third-order valence-electron chi connectivity index (χ3n) is 4.61. The van der Waals surface area contributed by atoms with Crippen LogP contribution in [0.1, 0.15) is 39.8 Å². The van der Waals surface area contributed by atoms with E-state index < -0.39 is 0 Å². The van der Waals surface area contributed by atoms with Crippen molar-refractivity contribution in [2.24, 2.45) is 0 Å². The SMILES string of the molecule is CN(C)C(=O)c1cnn2c([C@@H]3CCCN3Cc3cncs3)ccnc12. The number of carbonyl (C=O) groups is 1. The fourth-order valence-electron chi connectivity index (χ4n) is 3.42. The first-order chi connectivity index (χ1) is 12.1. The molecule has 0 radical (unpaired) electrons. The Morgan fingerprint density at radius 3 is 3.04 bits per heavy atom. The Morgan fingerprint density at radius 2 is 2.28 bits per heavy atom. The zero-order valence-electron chi connectivity index (χ0n) is 14.3. The van der Waals surface area contributed by atoms with E-state index in [1.165, 1.54) is 4.88 Å². The van der Waals surface area contributed by atoms with Gasteiger partial charge in [0.05, 0.1) is 23.4 Å². The second kappa shape index (κ2) is 6.53. The second-order valence-corrected chi connectivity index (χ2v) is 7.43. The summed E-state index contributed by atoms with van der Waals surface area (Å²) in [7, 11) is 3.48. The lowest BCUT2D eigenvalue weighted by Gasteiger charge is -2.24. The summed E-state index contributed by atoms with van der Waals surface area (Å²) in [6.45, 7) is 1.95. The Hall–Kier alpha value is -2.32. The normalized spacial score (nSPS) is 18.1. The van der Waals surface area contributed by atoms with Gasteiger partial charge in [0, 0.05) is 37.9 Å². The summed E-state index contributed by atoms with van der Waals surface area (Å²) in [5, 5.41) is 4.47. The smallest absolute Gasteiger partial charge is 0.258 e. The summed E-state index contributed by atoms with van der Waals surface area (Å²) >= 11 is 1.68. The molecule has 1 fully saturated rings. The minimum absolute atomic E-state index is 0.0763. The van der Waals surface area contributed by atoms with Gasteiger partial charge in [0.25, 0.3) is 5.91 Å². The number of rotatable bonds is 4. The fraction of sp³-hybridized carbons (Fsp3) is 0.412. The molecule has 130 valence electrons. The van der Waals surface area contributed by atoms with Gasteiger partial charge in [-0.05, 0) is 25.5 Å². The monoisotopic (exact) mass is 356 g/mol. The van der Waals surface area contributed by atoms with Gasteiger partial charge in [0.2, 0.25) is 0 Å². The lowest BCUT2D eigenvalue weighted by Crippen LogP contribution is -2.24. The van der Waals surface area contributed by atoms with Crippen LogP contribution in [0.5, 0.6) is 0 Å². The Morgan fingerprint density at radius 1 is 1.40 bits per heavy atom. The van der Waals surface area contributed by atoms with E-state index in [-0.39, 0.29) is 11.9 Å². The summed E-state index contributed by atoms with van der Waals surface area (Å²) < 4.78 is 1.83. The van der Waals surface area contributed by atoms with Crippen LogP contribution in [0.4, 0.5) is 0 Å². The maximum absolute atomic E-state index is 12.3. The van der Waals surface area contributed by atoms with E-state index in [9.17, 15) is 4.79 Å². The third kappa shape index (κ3) is 2.91. The Balaban J connectivity index is 1.70. The van der Waals surface area contributed by atoms with Crippen molar-refractivity contribution in [3.05, 3.63) is 46.3 Å². The van der Waals surface area contributed by atoms with Gasteiger partial charge in [-0.1, -0.05) is 0 Å². The molecule has 0 saturated carbocycles. The maximum Gasteiger partial charge on any atom is 0.258 e. The highest BCUT2D eigenvalue weighted by Crippen LogP contribution is 2.33. The number of likely N-dealkylation sites (tertiary alicyclic amines) is 1. The zero-order valence-corrected chi connectivity index (χ0v) is 15.1. The number of carbonyl (C=O) groups excluding carboxylic acids is 1. The number of hydrogen-bond donors (Lipinski definition) is 0. The molecule has 4 heterocycles. The lowest BCUT2D eigenvalue weighted by molar-refractivity contribution is 0.0829. The van der Waals surface area contributed by atoms with E-state index >= 15 is 0 Å². The number of hydrogen-bond acceptors (Lipinski definition) is 6. The van der Waals surface area contributed by atoms with Crippen molar-refractivity contribution >= 4 is 22.9 Å². The molecule has 4 rings (SSSR count). The van der Waals surface area contributed by atoms with Gasteiger partial charge in [-0.2, -0.15) is 5.10 Å². The molecule has 0 unspecified atom stereocenters. The van der Waals surface area contributed by atoms with Crippen molar-refractivity contribution in [3.63, 3.8) is 0 Å². The molecule has 1 saturated heterocycles. The first kappa shape index (κ1) is 16.2. The maximum atomic E-state index is 12.3. The van der Waals surface area contributed by atoms with Gasteiger partial charge in [-0.25, -0.2) is 9.50 Å².